The number of nitrogens with one attached hydrogen (secondary N) is 1. The molecule has 0 spiro atoms. The van der Waals surface area contributed by atoms with Crippen LogP contribution in [0.1, 0.15) is 335 Å². The number of hydrogen-bond acceptors (Lipinski definition) is 5. The first-order chi connectivity index (χ1) is 33.5. The molecule has 6 heteroatoms. The molecule has 0 radical (unpaired) electrons. The quantitative estimate of drug-likeness (QED) is 0.0321. The molecule has 0 fully saturated rings. The smallest absolute Gasteiger partial charge is 0.305 e. The molecule has 0 aliphatic heterocycles. The van der Waals surface area contributed by atoms with Gasteiger partial charge in [-0.05, 0) is 57.8 Å². The number of hydrogen-bond donors (Lipinski definition) is 3. The average molecular weight is 959 g/mol. The topological polar surface area (TPSA) is 95.9 Å². The molecule has 3 N–H and O–H groups in total. The van der Waals surface area contributed by atoms with Crippen LogP contribution in [0.4, 0.5) is 0 Å². The molecule has 2 atom stereocenters. The highest BCUT2D eigenvalue weighted by atomic mass is 16.5. The molecule has 6 nitrogen and oxygen atoms in total. The molecule has 0 aliphatic rings. The highest BCUT2D eigenvalue weighted by Crippen LogP contribution is 2.17. The molecule has 0 saturated heterocycles. The number of aliphatic hydroxyl groups excluding tert-OH is 2. The molecule has 0 aromatic heterocycles. The summed E-state index contributed by atoms with van der Waals surface area (Å²) in [5.74, 6) is -0.0863. The van der Waals surface area contributed by atoms with Gasteiger partial charge in [-0.1, -0.05) is 289 Å². The molecular formula is C62H119NO5. The van der Waals surface area contributed by atoms with Crippen LogP contribution in [-0.4, -0.2) is 47.4 Å². The Hall–Kier alpha value is -1.66. The first-order valence-electron chi connectivity index (χ1n) is 30.6. The fourth-order valence-corrected chi connectivity index (χ4v) is 9.51. The summed E-state index contributed by atoms with van der Waals surface area (Å²) in [5, 5.41) is 23.2. The van der Waals surface area contributed by atoms with Gasteiger partial charge in [0.25, 0.3) is 0 Å². The minimum absolute atomic E-state index is 0.0107. The van der Waals surface area contributed by atoms with Gasteiger partial charge in [0.2, 0.25) is 5.91 Å². The van der Waals surface area contributed by atoms with E-state index in [1.165, 1.54) is 250 Å². The van der Waals surface area contributed by atoms with E-state index in [-0.39, 0.29) is 18.5 Å². The zero-order chi connectivity index (χ0) is 49.3. The van der Waals surface area contributed by atoms with Crippen molar-refractivity contribution in [1.29, 1.82) is 0 Å². The van der Waals surface area contributed by atoms with E-state index in [1.807, 2.05) is 6.08 Å². The van der Waals surface area contributed by atoms with Crippen molar-refractivity contribution in [2.75, 3.05) is 13.2 Å². The van der Waals surface area contributed by atoms with Crippen LogP contribution in [0.2, 0.25) is 0 Å². The van der Waals surface area contributed by atoms with Crippen molar-refractivity contribution in [1.82, 2.24) is 5.32 Å². The molecule has 0 aromatic rings. The van der Waals surface area contributed by atoms with Gasteiger partial charge in [-0.25, -0.2) is 0 Å². The Kier molecular flexibility index (Phi) is 56.5. The molecule has 0 heterocycles. The number of carbonyl (C=O) groups excluding carboxylic acids is 2. The van der Waals surface area contributed by atoms with Crippen molar-refractivity contribution in [2.45, 2.75) is 347 Å². The molecule has 0 saturated carbocycles. The van der Waals surface area contributed by atoms with E-state index in [4.69, 9.17) is 4.74 Å². The van der Waals surface area contributed by atoms with E-state index in [0.717, 1.165) is 57.8 Å². The Labute approximate surface area is 424 Å². The van der Waals surface area contributed by atoms with Crippen LogP contribution in [-0.2, 0) is 14.3 Å². The number of esters is 1. The van der Waals surface area contributed by atoms with E-state index in [9.17, 15) is 19.8 Å². The first kappa shape index (κ1) is 66.3. The second-order valence-corrected chi connectivity index (χ2v) is 21.0. The number of allylic oxidation sites excluding steroid dienone is 3. The van der Waals surface area contributed by atoms with Crippen LogP contribution in [0.5, 0.6) is 0 Å². The normalized spacial score (nSPS) is 12.7. The van der Waals surface area contributed by atoms with Gasteiger partial charge in [0.1, 0.15) is 0 Å². The lowest BCUT2D eigenvalue weighted by Crippen LogP contribution is -2.45. The monoisotopic (exact) mass is 958 g/mol. The van der Waals surface area contributed by atoms with Crippen molar-refractivity contribution in [3.8, 4) is 0 Å². The maximum Gasteiger partial charge on any atom is 0.305 e. The van der Waals surface area contributed by atoms with Crippen LogP contribution in [0.3, 0.4) is 0 Å². The molecule has 0 aromatic carbocycles. The molecule has 0 bridgehead atoms. The second-order valence-electron chi connectivity index (χ2n) is 21.0. The van der Waals surface area contributed by atoms with Crippen LogP contribution < -0.4 is 5.32 Å². The third-order valence-electron chi connectivity index (χ3n) is 14.2. The van der Waals surface area contributed by atoms with Crippen molar-refractivity contribution in [3.63, 3.8) is 0 Å². The van der Waals surface area contributed by atoms with Crippen LogP contribution >= 0.6 is 0 Å². The summed E-state index contributed by atoms with van der Waals surface area (Å²) in [7, 11) is 0. The minimum atomic E-state index is -0.853. The number of ether oxygens (including phenoxy) is 1. The number of aliphatic hydroxyl groups is 2. The fraction of sp³-hybridized carbons (Fsp3) is 0.903. The second kappa shape index (κ2) is 57.9. The van der Waals surface area contributed by atoms with E-state index in [2.05, 4.69) is 31.3 Å². The molecule has 0 aliphatic carbocycles. The Bertz CT molecular complexity index is 1060. The van der Waals surface area contributed by atoms with Gasteiger partial charge in [0.05, 0.1) is 25.4 Å². The largest absolute Gasteiger partial charge is 0.466 e. The summed E-state index contributed by atoms with van der Waals surface area (Å²) in [4.78, 5) is 24.6. The maximum absolute atomic E-state index is 12.5. The summed E-state index contributed by atoms with van der Waals surface area (Å²) < 4.78 is 5.47. The highest BCUT2D eigenvalue weighted by Gasteiger charge is 2.18. The number of unbranched alkanes of at least 4 members (excludes halogenated alkanes) is 44. The fourth-order valence-electron chi connectivity index (χ4n) is 9.51. The highest BCUT2D eigenvalue weighted by molar-refractivity contribution is 5.76. The van der Waals surface area contributed by atoms with Crippen LogP contribution in [0.25, 0.3) is 0 Å². The molecule has 2 unspecified atom stereocenters. The van der Waals surface area contributed by atoms with Crippen molar-refractivity contribution < 1.29 is 24.5 Å². The SMILES string of the molecule is CCCCCCCC/C=C\CCCCCCCC(=O)OCCCCCCCCCCCCCCCCC(=O)NC(CO)C(O)/C=C/CCCCCCCCCCCCCCCCCCCCCC. The zero-order valence-corrected chi connectivity index (χ0v) is 45.9. The van der Waals surface area contributed by atoms with Crippen molar-refractivity contribution >= 4 is 11.9 Å². The number of carbonyl (C=O) groups is 2. The summed E-state index contributed by atoms with van der Waals surface area (Å²) in [5.41, 5.74) is 0. The molecule has 402 valence electrons. The summed E-state index contributed by atoms with van der Waals surface area (Å²) in [6, 6.07) is -0.637. The summed E-state index contributed by atoms with van der Waals surface area (Å²) in [6.07, 6.45) is 70.6. The van der Waals surface area contributed by atoms with Gasteiger partial charge < -0.3 is 20.3 Å². The lowest BCUT2D eigenvalue weighted by Gasteiger charge is -2.20. The van der Waals surface area contributed by atoms with Gasteiger partial charge >= 0.3 is 5.97 Å². The van der Waals surface area contributed by atoms with Crippen LogP contribution in [0.15, 0.2) is 24.3 Å². The number of amides is 1. The van der Waals surface area contributed by atoms with Gasteiger partial charge in [-0.2, -0.15) is 0 Å². The third-order valence-corrected chi connectivity index (χ3v) is 14.2. The van der Waals surface area contributed by atoms with Crippen LogP contribution in [0, 0.1) is 0 Å². The predicted molar refractivity (Wildman–Crippen MR) is 296 cm³/mol. The van der Waals surface area contributed by atoms with Gasteiger partial charge in [-0.3, -0.25) is 9.59 Å². The summed E-state index contributed by atoms with van der Waals surface area (Å²) in [6.45, 7) is 4.90. The predicted octanol–water partition coefficient (Wildman–Crippen LogP) is 19.0. The first-order valence-corrected chi connectivity index (χ1v) is 30.6. The Morgan fingerprint density at radius 1 is 0.397 bits per heavy atom. The molecule has 1 amide bonds. The standard InChI is InChI=1S/C62H119NO5/c1-3-5-7-9-11-13-15-17-19-20-21-22-23-24-25-27-30-34-38-42-46-50-54-60(65)59(58-64)63-61(66)55-51-47-43-39-35-31-28-29-33-37-41-45-49-53-57-68-62(67)56-52-48-44-40-36-32-26-18-16-14-12-10-8-6-4-2/h18,26,50,54,59-60,64-65H,3-17,19-25,27-49,51-53,55-58H2,1-2H3,(H,63,66)/b26-18-,54-50+. The number of rotatable bonds is 57. The summed E-state index contributed by atoms with van der Waals surface area (Å²) >= 11 is 0. The van der Waals surface area contributed by atoms with E-state index in [0.29, 0.717) is 19.4 Å². The Morgan fingerprint density at radius 3 is 1.04 bits per heavy atom. The van der Waals surface area contributed by atoms with Crippen molar-refractivity contribution in [2.24, 2.45) is 0 Å². The Morgan fingerprint density at radius 2 is 0.691 bits per heavy atom. The zero-order valence-electron chi connectivity index (χ0n) is 45.9. The van der Waals surface area contributed by atoms with E-state index in [1.54, 1.807) is 6.08 Å². The Balaban J connectivity index is 3.47. The molecule has 0 rings (SSSR count). The maximum atomic E-state index is 12.5. The van der Waals surface area contributed by atoms with E-state index >= 15 is 0 Å². The molecular weight excluding hydrogens is 839 g/mol. The van der Waals surface area contributed by atoms with E-state index < -0.39 is 12.1 Å². The third kappa shape index (κ3) is 53.7. The van der Waals surface area contributed by atoms with Crippen molar-refractivity contribution in [3.05, 3.63) is 24.3 Å². The minimum Gasteiger partial charge on any atom is -0.466 e. The average Bonchev–Trinajstić information content (AvgIpc) is 3.34. The molecule has 68 heavy (non-hydrogen) atoms. The lowest BCUT2D eigenvalue weighted by atomic mass is 10.0. The lowest BCUT2D eigenvalue weighted by molar-refractivity contribution is -0.143. The van der Waals surface area contributed by atoms with Gasteiger partial charge in [0, 0.05) is 12.8 Å². The van der Waals surface area contributed by atoms with Gasteiger partial charge in [-0.15, -0.1) is 0 Å². The van der Waals surface area contributed by atoms with Gasteiger partial charge in [0.15, 0.2) is 0 Å².